The molecule has 1 saturated carbocycles. The molecule has 0 aromatic heterocycles. The Morgan fingerprint density at radius 1 is 0.800 bits per heavy atom. The monoisotopic (exact) mass is 210 g/mol. The summed E-state index contributed by atoms with van der Waals surface area (Å²) in [5.74, 6) is 0.321. The average Bonchev–Trinajstić information content (AvgIpc) is 2.22. The number of hydrogen-bond acceptors (Lipinski definition) is 2. The zero-order chi connectivity index (χ0) is 10.5. The van der Waals surface area contributed by atoms with Gasteiger partial charge in [-0.2, -0.15) is 0 Å². The largest absolute Gasteiger partial charge is 0.461 e. The summed E-state index contributed by atoms with van der Waals surface area (Å²) in [4.78, 5) is 11.3. The smallest absolute Gasteiger partial charge is 0.313 e. The van der Waals surface area contributed by atoms with Crippen LogP contribution in [0.1, 0.15) is 64.2 Å². The Morgan fingerprint density at radius 2 is 1.33 bits per heavy atom. The summed E-state index contributed by atoms with van der Waals surface area (Å²) in [7, 11) is 0. The third-order valence-corrected chi connectivity index (χ3v) is 3.77. The van der Waals surface area contributed by atoms with E-state index >= 15 is 0 Å². The van der Waals surface area contributed by atoms with Crippen molar-refractivity contribution >= 4 is 5.97 Å². The molecule has 0 aromatic rings. The number of ether oxygens (including phenoxy) is 1. The van der Waals surface area contributed by atoms with Crippen LogP contribution in [-0.2, 0) is 9.53 Å². The minimum atomic E-state index is 0.0667. The van der Waals surface area contributed by atoms with Crippen LogP contribution in [-0.4, -0.2) is 12.1 Å². The lowest BCUT2D eigenvalue weighted by atomic mass is 9.87. The maximum atomic E-state index is 11.3. The van der Waals surface area contributed by atoms with Gasteiger partial charge in [-0.1, -0.05) is 44.9 Å². The first kappa shape index (κ1) is 11.0. The summed E-state index contributed by atoms with van der Waals surface area (Å²) in [5, 5.41) is 0. The minimum absolute atomic E-state index is 0.0667. The van der Waals surface area contributed by atoms with E-state index in [4.69, 9.17) is 4.74 Å². The molecule has 0 bridgehead atoms. The zero-order valence-electron chi connectivity index (χ0n) is 9.54. The normalized spacial score (nSPS) is 34.0. The summed E-state index contributed by atoms with van der Waals surface area (Å²) >= 11 is 0. The van der Waals surface area contributed by atoms with Gasteiger partial charge in [0.15, 0.2) is 0 Å². The van der Waals surface area contributed by atoms with Gasteiger partial charge in [0.1, 0.15) is 6.10 Å². The fourth-order valence-corrected chi connectivity index (χ4v) is 2.73. The minimum Gasteiger partial charge on any atom is -0.461 e. The number of hydrogen-bond donors (Lipinski definition) is 0. The van der Waals surface area contributed by atoms with Gasteiger partial charge >= 0.3 is 5.97 Å². The van der Waals surface area contributed by atoms with E-state index in [-0.39, 0.29) is 18.0 Å². The van der Waals surface area contributed by atoms with Crippen LogP contribution in [0, 0.1) is 5.92 Å². The Balaban J connectivity index is 1.78. The van der Waals surface area contributed by atoms with Crippen LogP contribution in [0.2, 0.25) is 0 Å². The van der Waals surface area contributed by atoms with Crippen LogP contribution in [0.5, 0.6) is 0 Å². The molecular weight excluding hydrogens is 188 g/mol. The molecule has 15 heavy (non-hydrogen) atoms. The van der Waals surface area contributed by atoms with Crippen molar-refractivity contribution in [3.8, 4) is 0 Å². The summed E-state index contributed by atoms with van der Waals surface area (Å²) in [6, 6.07) is 0. The highest BCUT2D eigenvalue weighted by Crippen LogP contribution is 2.32. The second-order valence-electron chi connectivity index (χ2n) is 4.99. The van der Waals surface area contributed by atoms with Gasteiger partial charge in [-0.15, -0.1) is 0 Å². The highest BCUT2D eigenvalue weighted by atomic mass is 16.6. The van der Waals surface area contributed by atoms with Gasteiger partial charge in [-0.25, -0.2) is 0 Å². The number of fused-ring (bicyclic) bond motifs is 1. The molecule has 0 spiro atoms. The molecule has 0 N–H and O–H groups in total. The first-order valence-corrected chi connectivity index (χ1v) is 6.58. The van der Waals surface area contributed by atoms with E-state index in [2.05, 4.69) is 0 Å². The molecule has 1 aliphatic carbocycles. The standard InChI is InChI=1S/C13H22O2/c14-13-11-9-7-5-3-1-2-4-6-8-10-12(11)15-13/h11-12H,1-10H2/t11-,12-/m1/s1. The highest BCUT2D eigenvalue weighted by molar-refractivity contribution is 5.78. The predicted molar refractivity (Wildman–Crippen MR) is 59.5 cm³/mol. The molecule has 2 heteroatoms. The molecule has 0 radical (unpaired) electrons. The maximum absolute atomic E-state index is 11.3. The van der Waals surface area contributed by atoms with Crippen LogP contribution < -0.4 is 0 Å². The molecular formula is C13H22O2. The van der Waals surface area contributed by atoms with Crippen LogP contribution in [0.4, 0.5) is 0 Å². The first-order chi connectivity index (χ1) is 7.38. The van der Waals surface area contributed by atoms with Crippen molar-refractivity contribution < 1.29 is 9.53 Å². The average molecular weight is 210 g/mol. The van der Waals surface area contributed by atoms with Crippen molar-refractivity contribution in [2.75, 3.05) is 0 Å². The summed E-state index contributed by atoms with van der Waals surface area (Å²) in [6.07, 6.45) is 13.0. The Hall–Kier alpha value is -0.530. The second-order valence-corrected chi connectivity index (χ2v) is 4.99. The van der Waals surface area contributed by atoms with E-state index in [0.717, 1.165) is 12.8 Å². The molecule has 0 aromatic carbocycles. The number of rotatable bonds is 0. The highest BCUT2D eigenvalue weighted by Gasteiger charge is 2.40. The third-order valence-electron chi connectivity index (χ3n) is 3.77. The SMILES string of the molecule is O=C1O[C@@H]2CCCCCCCCCC[C@@H]12. The molecule has 2 rings (SSSR count). The second kappa shape index (κ2) is 5.53. The van der Waals surface area contributed by atoms with Gasteiger partial charge in [-0.3, -0.25) is 4.79 Å². The summed E-state index contributed by atoms with van der Waals surface area (Å²) in [6.45, 7) is 0. The molecule has 86 valence electrons. The Morgan fingerprint density at radius 3 is 1.93 bits per heavy atom. The van der Waals surface area contributed by atoms with Gasteiger partial charge in [0.25, 0.3) is 0 Å². The Kier molecular flexibility index (Phi) is 4.04. The van der Waals surface area contributed by atoms with Crippen molar-refractivity contribution in [1.82, 2.24) is 0 Å². The Bertz CT molecular complexity index is 213. The number of carbonyl (C=O) groups is 1. The van der Waals surface area contributed by atoms with Crippen molar-refractivity contribution in [3.05, 3.63) is 0 Å². The van der Waals surface area contributed by atoms with Gasteiger partial charge in [0, 0.05) is 0 Å². The van der Waals surface area contributed by atoms with Crippen molar-refractivity contribution in [2.45, 2.75) is 70.3 Å². The molecule has 0 amide bonds. The maximum Gasteiger partial charge on any atom is 0.313 e. The zero-order valence-corrected chi connectivity index (χ0v) is 9.54. The fraction of sp³-hybridized carbons (Fsp3) is 0.923. The molecule has 1 saturated heterocycles. The Labute approximate surface area is 92.4 Å². The molecule has 0 unspecified atom stereocenters. The van der Waals surface area contributed by atoms with Crippen molar-refractivity contribution in [1.29, 1.82) is 0 Å². The number of esters is 1. The van der Waals surface area contributed by atoms with E-state index in [1.165, 1.54) is 51.4 Å². The van der Waals surface area contributed by atoms with Gasteiger partial charge in [0.2, 0.25) is 0 Å². The molecule has 1 heterocycles. The first-order valence-electron chi connectivity index (χ1n) is 6.58. The van der Waals surface area contributed by atoms with E-state index in [1.54, 1.807) is 0 Å². The number of carbonyl (C=O) groups excluding carboxylic acids is 1. The van der Waals surface area contributed by atoms with Crippen LogP contribution >= 0.6 is 0 Å². The lowest BCUT2D eigenvalue weighted by Crippen LogP contribution is -2.44. The molecule has 2 fully saturated rings. The van der Waals surface area contributed by atoms with E-state index in [1.807, 2.05) is 0 Å². The fourth-order valence-electron chi connectivity index (χ4n) is 2.73. The molecule has 1 aliphatic heterocycles. The topological polar surface area (TPSA) is 26.3 Å². The molecule has 2 aliphatic rings. The predicted octanol–water partition coefficient (Wildman–Crippen LogP) is 3.44. The quantitative estimate of drug-likeness (QED) is 0.572. The van der Waals surface area contributed by atoms with Crippen molar-refractivity contribution in [3.63, 3.8) is 0 Å². The van der Waals surface area contributed by atoms with E-state index in [9.17, 15) is 4.79 Å². The van der Waals surface area contributed by atoms with Gasteiger partial charge in [0.05, 0.1) is 5.92 Å². The lowest BCUT2D eigenvalue weighted by molar-refractivity contribution is -0.186. The molecule has 2 atom stereocenters. The molecule has 2 nitrogen and oxygen atoms in total. The summed E-state index contributed by atoms with van der Waals surface area (Å²) < 4.78 is 5.21. The third kappa shape index (κ3) is 2.96. The lowest BCUT2D eigenvalue weighted by Gasteiger charge is -2.35. The van der Waals surface area contributed by atoms with Crippen LogP contribution in [0.3, 0.4) is 0 Å². The van der Waals surface area contributed by atoms with Crippen molar-refractivity contribution in [2.24, 2.45) is 5.92 Å². The van der Waals surface area contributed by atoms with E-state index < -0.39 is 0 Å². The van der Waals surface area contributed by atoms with Gasteiger partial charge in [-0.05, 0) is 19.3 Å². The van der Waals surface area contributed by atoms with Crippen LogP contribution in [0.15, 0.2) is 0 Å². The summed E-state index contributed by atoms with van der Waals surface area (Å²) in [5.41, 5.74) is 0. The van der Waals surface area contributed by atoms with Crippen LogP contribution in [0.25, 0.3) is 0 Å². The van der Waals surface area contributed by atoms with Gasteiger partial charge < -0.3 is 4.74 Å². The van der Waals surface area contributed by atoms with E-state index in [0.29, 0.717) is 0 Å².